The maximum absolute atomic E-state index is 5.42. The second-order valence-corrected chi connectivity index (χ2v) is 4.50. The van der Waals surface area contributed by atoms with Gasteiger partial charge in [0.1, 0.15) is 11.6 Å². The standard InChI is InChI=1S/C12H20BrN3O2/c1-4-9-11(13)12(14-2)16-10(15-9)5-6-18-8-7-17-3/h4-8H2,1-3H3,(H,14,15,16). The molecule has 1 rings (SSSR count). The van der Waals surface area contributed by atoms with E-state index in [4.69, 9.17) is 9.47 Å². The van der Waals surface area contributed by atoms with Gasteiger partial charge < -0.3 is 14.8 Å². The molecule has 18 heavy (non-hydrogen) atoms. The van der Waals surface area contributed by atoms with E-state index in [0.29, 0.717) is 26.2 Å². The Labute approximate surface area is 116 Å². The summed E-state index contributed by atoms with van der Waals surface area (Å²) in [6.07, 6.45) is 1.58. The fraction of sp³-hybridized carbons (Fsp3) is 0.667. The molecule has 0 aliphatic heterocycles. The highest BCUT2D eigenvalue weighted by atomic mass is 79.9. The Balaban J connectivity index is 2.60. The van der Waals surface area contributed by atoms with E-state index in [1.54, 1.807) is 7.11 Å². The Kier molecular flexibility index (Phi) is 7.15. The molecule has 0 radical (unpaired) electrons. The van der Waals surface area contributed by atoms with Crippen LogP contribution in [0.4, 0.5) is 5.82 Å². The summed E-state index contributed by atoms with van der Waals surface area (Å²) in [7, 11) is 3.51. The van der Waals surface area contributed by atoms with E-state index >= 15 is 0 Å². The van der Waals surface area contributed by atoms with Gasteiger partial charge in [0, 0.05) is 20.6 Å². The molecule has 0 spiro atoms. The molecule has 0 aliphatic rings. The Bertz CT molecular complexity index is 349. The van der Waals surface area contributed by atoms with Crippen LogP contribution in [0.25, 0.3) is 0 Å². The van der Waals surface area contributed by atoms with Gasteiger partial charge in [-0.25, -0.2) is 9.97 Å². The highest BCUT2D eigenvalue weighted by molar-refractivity contribution is 9.10. The van der Waals surface area contributed by atoms with E-state index in [9.17, 15) is 0 Å². The minimum Gasteiger partial charge on any atom is -0.382 e. The van der Waals surface area contributed by atoms with Crippen molar-refractivity contribution in [3.8, 4) is 0 Å². The molecule has 102 valence electrons. The Hall–Kier alpha value is -0.720. The Morgan fingerprint density at radius 3 is 2.61 bits per heavy atom. The van der Waals surface area contributed by atoms with Crippen LogP contribution >= 0.6 is 15.9 Å². The van der Waals surface area contributed by atoms with Crippen LogP contribution in [-0.2, 0) is 22.3 Å². The van der Waals surface area contributed by atoms with E-state index in [-0.39, 0.29) is 0 Å². The van der Waals surface area contributed by atoms with E-state index in [1.165, 1.54) is 0 Å². The summed E-state index contributed by atoms with van der Waals surface area (Å²) in [5.74, 6) is 1.63. The predicted octanol–water partition coefficient (Wildman–Crippen LogP) is 2.05. The number of hydrogen-bond donors (Lipinski definition) is 1. The van der Waals surface area contributed by atoms with Crippen molar-refractivity contribution in [2.75, 3.05) is 39.3 Å². The van der Waals surface area contributed by atoms with Crippen LogP contribution in [0.1, 0.15) is 18.4 Å². The van der Waals surface area contributed by atoms with Crippen molar-refractivity contribution in [1.82, 2.24) is 9.97 Å². The first-order valence-corrected chi connectivity index (χ1v) is 6.81. The van der Waals surface area contributed by atoms with Crippen LogP contribution in [0.2, 0.25) is 0 Å². The number of aryl methyl sites for hydroxylation is 1. The van der Waals surface area contributed by atoms with E-state index < -0.39 is 0 Å². The van der Waals surface area contributed by atoms with Crippen molar-refractivity contribution < 1.29 is 9.47 Å². The Morgan fingerprint density at radius 1 is 1.22 bits per heavy atom. The molecular formula is C12H20BrN3O2. The number of hydrogen-bond acceptors (Lipinski definition) is 5. The third-order valence-corrected chi connectivity index (χ3v) is 3.27. The minimum atomic E-state index is 0.604. The average molecular weight is 318 g/mol. The minimum absolute atomic E-state index is 0.604. The van der Waals surface area contributed by atoms with Crippen molar-refractivity contribution in [3.05, 3.63) is 16.0 Å². The molecule has 0 unspecified atom stereocenters. The van der Waals surface area contributed by atoms with Gasteiger partial charge in [0.05, 0.1) is 30.0 Å². The largest absolute Gasteiger partial charge is 0.382 e. The van der Waals surface area contributed by atoms with Gasteiger partial charge in [-0.15, -0.1) is 0 Å². The van der Waals surface area contributed by atoms with E-state index in [2.05, 4.69) is 38.1 Å². The van der Waals surface area contributed by atoms with Gasteiger partial charge in [0.25, 0.3) is 0 Å². The van der Waals surface area contributed by atoms with Crippen molar-refractivity contribution in [3.63, 3.8) is 0 Å². The van der Waals surface area contributed by atoms with Gasteiger partial charge in [-0.1, -0.05) is 6.92 Å². The predicted molar refractivity (Wildman–Crippen MR) is 75.1 cm³/mol. The van der Waals surface area contributed by atoms with Crippen LogP contribution in [0, 0.1) is 0 Å². The molecule has 0 bridgehead atoms. The molecule has 1 aromatic heterocycles. The molecule has 6 heteroatoms. The van der Waals surface area contributed by atoms with Crippen LogP contribution in [0.3, 0.4) is 0 Å². The molecule has 0 amide bonds. The number of nitrogens with zero attached hydrogens (tertiary/aromatic N) is 2. The maximum Gasteiger partial charge on any atom is 0.144 e. The number of aromatic nitrogens is 2. The highest BCUT2D eigenvalue weighted by Gasteiger charge is 2.09. The number of nitrogens with one attached hydrogen (secondary N) is 1. The second-order valence-electron chi connectivity index (χ2n) is 3.71. The van der Waals surface area contributed by atoms with E-state index in [1.807, 2.05) is 7.05 Å². The zero-order valence-corrected chi connectivity index (χ0v) is 12.7. The molecule has 0 atom stereocenters. The molecule has 0 aromatic carbocycles. The van der Waals surface area contributed by atoms with Gasteiger partial charge in [-0.3, -0.25) is 0 Å². The van der Waals surface area contributed by atoms with Gasteiger partial charge in [-0.2, -0.15) is 0 Å². The molecule has 0 saturated heterocycles. The van der Waals surface area contributed by atoms with Crippen molar-refractivity contribution in [2.45, 2.75) is 19.8 Å². The first-order chi connectivity index (χ1) is 8.72. The smallest absolute Gasteiger partial charge is 0.144 e. The van der Waals surface area contributed by atoms with Gasteiger partial charge in [-0.05, 0) is 22.4 Å². The first-order valence-electron chi connectivity index (χ1n) is 6.02. The number of methoxy groups -OCH3 is 1. The molecule has 1 heterocycles. The third kappa shape index (κ3) is 4.51. The van der Waals surface area contributed by atoms with E-state index in [0.717, 1.165) is 28.2 Å². The zero-order valence-electron chi connectivity index (χ0n) is 11.1. The highest BCUT2D eigenvalue weighted by Crippen LogP contribution is 2.23. The van der Waals surface area contributed by atoms with Crippen molar-refractivity contribution >= 4 is 21.7 Å². The van der Waals surface area contributed by atoms with Gasteiger partial charge in [0.2, 0.25) is 0 Å². The van der Waals surface area contributed by atoms with Crippen LogP contribution < -0.4 is 5.32 Å². The summed E-state index contributed by atoms with van der Waals surface area (Å²) < 4.78 is 11.3. The molecule has 5 nitrogen and oxygen atoms in total. The molecular weight excluding hydrogens is 298 g/mol. The van der Waals surface area contributed by atoms with Crippen molar-refractivity contribution in [1.29, 1.82) is 0 Å². The van der Waals surface area contributed by atoms with Crippen LogP contribution in [-0.4, -0.2) is 43.9 Å². The van der Waals surface area contributed by atoms with Gasteiger partial charge in [0.15, 0.2) is 0 Å². The molecule has 0 saturated carbocycles. The fourth-order valence-corrected chi connectivity index (χ4v) is 2.12. The summed E-state index contributed by atoms with van der Waals surface area (Å²) in [5.41, 5.74) is 1.02. The fourth-order valence-electron chi connectivity index (χ4n) is 1.46. The van der Waals surface area contributed by atoms with Crippen LogP contribution in [0.5, 0.6) is 0 Å². The number of ether oxygens (including phenoxy) is 2. The first kappa shape index (κ1) is 15.3. The molecule has 0 fully saturated rings. The lowest BCUT2D eigenvalue weighted by molar-refractivity contribution is 0.0716. The quantitative estimate of drug-likeness (QED) is 0.744. The summed E-state index contributed by atoms with van der Waals surface area (Å²) in [6.45, 7) is 3.90. The summed E-state index contributed by atoms with van der Waals surface area (Å²) in [4.78, 5) is 8.94. The Morgan fingerprint density at radius 2 is 2.00 bits per heavy atom. The van der Waals surface area contributed by atoms with Gasteiger partial charge >= 0.3 is 0 Å². The normalized spacial score (nSPS) is 10.7. The average Bonchev–Trinajstić information content (AvgIpc) is 2.40. The van der Waals surface area contributed by atoms with Crippen molar-refractivity contribution in [2.24, 2.45) is 0 Å². The lowest BCUT2D eigenvalue weighted by Crippen LogP contribution is -2.10. The number of halogens is 1. The molecule has 1 N–H and O–H groups in total. The lowest BCUT2D eigenvalue weighted by Gasteiger charge is -2.10. The lowest BCUT2D eigenvalue weighted by atomic mass is 10.3. The second kappa shape index (κ2) is 8.39. The monoisotopic (exact) mass is 317 g/mol. The van der Waals surface area contributed by atoms with Crippen LogP contribution in [0.15, 0.2) is 4.47 Å². The topological polar surface area (TPSA) is 56.3 Å². The summed E-state index contributed by atoms with van der Waals surface area (Å²) in [5, 5.41) is 3.06. The SMILES string of the molecule is CCc1nc(CCOCCOC)nc(NC)c1Br. The summed E-state index contributed by atoms with van der Waals surface area (Å²) in [6, 6.07) is 0. The zero-order chi connectivity index (χ0) is 13.4. The molecule has 0 aliphatic carbocycles. The summed E-state index contributed by atoms with van der Waals surface area (Å²) >= 11 is 3.50. The maximum atomic E-state index is 5.42. The number of anilines is 1. The number of rotatable bonds is 8. The third-order valence-electron chi connectivity index (χ3n) is 2.44. The molecule has 1 aromatic rings.